The number of hydrogen-bond donors (Lipinski definition) is 1. The number of hydrogen-bond acceptors (Lipinski definition) is 4. The molecular formula is C24H22FN3O3. The van der Waals surface area contributed by atoms with Crippen molar-refractivity contribution in [2.24, 2.45) is 0 Å². The first-order valence-electron chi connectivity index (χ1n) is 9.84. The number of carbonyl (C=O) groups is 1. The average Bonchev–Trinajstić information content (AvgIpc) is 3.35. The van der Waals surface area contributed by atoms with Crippen molar-refractivity contribution in [2.75, 3.05) is 5.32 Å². The standard InChI is InChI=1S/C24H22FN3O3/c1-16-10-17(2)12-21(11-16)30-15-20-6-7-22(31-20)24(29)26-23-8-9-28(27-23)14-18-4-3-5-19(25)13-18/h3-13H,14-15H2,1-2H3,(H,26,27,29). The maximum atomic E-state index is 13.3. The minimum atomic E-state index is -0.409. The maximum Gasteiger partial charge on any atom is 0.292 e. The summed E-state index contributed by atoms with van der Waals surface area (Å²) in [5.41, 5.74) is 3.01. The normalized spacial score (nSPS) is 10.8. The molecule has 0 atom stereocenters. The smallest absolute Gasteiger partial charge is 0.292 e. The second kappa shape index (κ2) is 8.87. The van der Waals surface area contributed by atoms with Gasteiger partial charge in [0, 0.05) is 12.3 Å². The highest BCUT2D eigenvalue weighted by Crippen LogP contribution is 2.19. The molecule has 2 aromatic heterocycles. The van der Waals surface area contributed by atoms with Crippen LogP contribution in [0.25, 0.3) is 0 Å². The first-order valence-corrected chi connectivity index (χ1v) is 9.84. The fourth-order valence-corrected chi connectivity index (χ4v) is 3.26. The molecule has 0 saturated heterocycles. The van der Waals surface area contributed by atoms with Crippen LogP contribution < -0.4 is 10.1 Å². The molecule has 4 rings (SSSR count). The zero-order valence-corrected chi connectivity index (χ0v) is 17.3. The highest BCUT2D eigenvalue weighted by atomic mass is 19.1. The van der Waals surface area contributed by atoms with E-state index >= 15 is 0 Å². The van der Waals surface area contributed by atoms with Crippen LogP contribution >= 0.6 is 0 Å². The summed E-state index contributed by atoms with van der Waals surface area (Å²) in [5.74, 6) is 1.14. The van der Waals surface area contributed by atoms with Crippen LogP contribution in [0.3, 0.4) is 0 Å². The quantitative estimate of drug-likeness (QED) is 0.452. The molecule has 0 aliphatic rings. The molecule has 1 N–H and O–H groups in total. The Morgan fingerprint density at radius 1 is 1.10 bits per heavy atom. The minimum Gasteiger partial charge on any atom is -0.486 e. The number of benzene rings is 2. The number of rotatable bonds is 7. The van der Waals surface area contributed by atoms with Gasteiger partial charge < -0.3 is 14.5 Å². The number of aryl methyl sites for hydroxylation is 2. The number of furan rings is 1. The molecule has 31 heavy (non-hydrogen) atoms. The largest absolute Gasteiger partial charge is 0.486 e. The van der Waals surface area contributed by atoms with Crippen molar-refractivity contribution in [3.05, 3.63) is 101 Å². The van der Waals surface area contributed by atoms with E-state index in [-0.39, 0.29) is 18.2 Å². The summed E-state index contributed by atoms with van der Waals surface area (Å²) in [7, 11) is 0. The van der Waals surface area contributed by atoms with E-state index in [2.05, 4.69) is 16.5 Å². The van der Waals surface area contributed by atoms with Gasteiger partial charge in [-0.2, -0.15) is 5.10 Å². The number of nitrogens with one attached hydrogen (secondary N) is 1. The van der Waals surface area contributed by atoms with Crippen molar-refractivity contribution in [3.8, 4) is 5.75 Å². The molecule has 0 fully saturated rings. The molecule has 0 aliphatic heterocycles. The maximum absolute atomic E-state index is 13.3. The topological polar surface area (TPSA) is 69.3 Å². The third-order valence-corrected chi connectivity index (χ3v) is 4.58. The Balaban J connectivity index is 1.34. The lowest BCUT2D eigenvalue weighted by Crippen LogP contribution is -2.12. The monoisotopic (exact) mass is 419 g/mol. The number of nitrogens with zero attached hydrogens (tertiary/aromatic N) is 2. The van der Waals surface area contributed by atoms with Gasteiger partial charge in [-0.25, -0.2) is 4.39 Å². The van der Waals surface area contributed by atoms with Crippen LogP contribution in [-0.2, 0) is 13.2 Å². The number of carbonyl (C=O) groups excluding carboxylic acids is 1. The van der Waals surface area contributed by atoms with Crippen LogP contribution in [0, 0.1) is 19.7 Å². The van der Waals surface area contributed by atoms with Gasteiger partial charge in [-0.3, -0.25) is 9.48 Å². The van der Waals surface area contributed by atoms with Gasteiger partial charge in [0.2, 0.25) is 0 Å². The summed E-state index contributed by atoms with van der Waals surface area (Å²) in [6.07, 6.45) is 1.71. The van der Waals surface area contributed by atoms with Gasteiger partial charge in [-0.1, -0.05) is 18.2 Å². The van der Waals surface area contributed by atoms with Gasteiger partial charge in [0.15, 0.2) is 11.6 Å². The fraction of sp³-hybridized carbons (Fsp3) is 0.167. The first kappa shape index (κ1) is 20.4. The highest BCUT2D eigenvalue weighted by molar-refractivity contribution is 6.01. The predicted molar refractivity (Wildman–Crippen MR) is 115 cm³/mol. The van der Waals surface area contributed by atoms with E-state index in [0.717, 1.165) is 22.4 Å². The summed E-state index contributed by atoms with van der Waals surface area (Å²) in [6.45, 7) is 4.63. The molecular weight excluding hydrogens is 397 g/mol. The van der Waals surface area contributed by atoms with Crippen LogP contribution in [0.15, 0.2) is 71.3 Å². The van der Waals surface area contributed by atoms with Crippen LogP contribution in [0.5, 0.6) is 5.75 Å². The Morgan fingerprint density at radius 2 is 1.90 bits per heavy atom. The third kappa shape index (κ3) is 5.39. The van der Waals surface area contributed by atoms with Crippen LogP contribution in [0.1, 0.15) is 33.0 Å². The predicted octanol–water partition coefficient (Wildman–Crippen LogP) is 5.11. The zero-order chi connectivity index (χ0) is 21.8. The Hall–Kier alpha value is -3.87. The minimum absolute atomic E-state index is 0.165. The lowest BCUT2D eigenvalue weighted by atomic mass is 10.1. The van der Waals surface area contributed by atoms with Crippen molar-refractivity contribution in [1.29, 1.82) is 0 Å². The van der Waals surface area contributed by atoms with Crippen molar-refractivity contribution < 1.29 is 18.3 Å². The molecule has 2 aromatic carbocycles. The average molecular weight is 419 g/mol. The van der Waals surface area contributed by atoms with Crippen LogP contribution in [0.2, 0.25) is 0 Å². The van der Waals surface area contributed by atoms with E-state index in [0.29, 0.717) is 18.1 Å². The number of aromatic nitrogens is 2. The molecule has 6 nitrogen and oxygen atoms in total. The number of ether oxygens (including phenoxy) is 1. The summed E-state index contributed by atoms with van der Waals surface area (Å²) < 4.78 is 26.3. The molecule has 158 valence electrons. The van der Waals surface area contributed by atoms with Gasteiger partial charge in [0.1, 0.15) is 23.9 Å². The Morgan fingerprint density at radius 3 is 2.68 bits per heavy atom. The lowest BCUT2D eigenvalue weighted by molar-refractivity contribution is 0.0992. The molecule has 0 bridgehead atoms. The van der Waals surface area contributed by atoms with E-state index in [1.807, 2.05) is 32.0 Å². The van der Waals surface area contributed by atoms with Crippen LogP contribution in [-0.4, -0.2) is 15.7 Å². The van der Waals surface area contributed by atoms with E-state index in [1.165, 1.54) is 12.1 Å². The molecule has 0 unspecified atom stereocenters. The Labute approximate surface area is 179 Å². The molecule has 0 spiro atoms. The van der Waals surface area contributed by atoms with Gasteiger partial charge in [-0.05, 0) is 66.9 Å². The molecule has 1 amide bonds. The molecule has 7 heteroatoms. The summed E-state index contributed by atoms with van der Waals surface area (Å²) >= 11 is 0. The lowest BCUT2D eigenvalue weighted by Gasteiger charge is -2.06. The van der Waals surface area contributed by atoms with Crippen LogP contribution in [0.4, 0.5) is 10.2 Å². The first-order chi connectivity index (χ1) is 14.9. The van der Waals surface area contributed by atoms with E-state index in [9.17, 15) is 9.18 Å². The molecule has 4 aromatic rings. The summed E-state index contributed by atoms with van der Waals surface area (Å²) in [4.78, 5) is 12.5. The van der Waals surface area contributed by atoms with Crippen molar-refractivity contribution in [2.45, 2.75) is 27.0 Å². The zero-order valence-electron chi connectivity index (χ0n) is 17.3. The molecule has 2 heterocycles. The fourth-order valence-electron chi connectivity index (χ4n) is 3.26. The summed E-state index contributed by atoms with van der Waals surface area (Å²) in [6, 6.07) is 17.2. The highest BCUT2D eigenvalue weighted by Gasteiger charge is 2.13. The Kier molecular flexibility index (Phi) is 5.84. The second-order valence-electron chi connectivity index (χ2n) is 7.36. The van der Waals surface area contributed by atoms with E-state index < -0.39 is 5.91 Å². The second-order valence-corrected chi connectivity index (χ2v) is 7.36. The third-order valence-electron chi connectivity index (χ3n) is 4.58. The van der Waals surface area contributed by atoms with Crippen molar-refractivity contribution >= 4 is 11.7 Å². The number of halogens is 1. The van der Waals surface area contributed by atoms with E-state index in [4.69, 9.17) is 9.15 Å². The van der Waals surface area contributed by atoms with Crippen molar-refractivity contribution in [3.63, 3.8) is 0 Å². The van der Waals surface area contributed by atoms with E-state index in [1.54, 1.807) is 35.1 Å². The number of anilines is 1. The SMILES string of the molecule is Cc1cc(C)cc(OCc2ccc(C(=O)Nc3ccn(Cc4cccc(F)c4)n3)o2)c1. The van der Waals surface area contributed by atoms with Gasteiger partial charge in [0.05, 0.1) is 6.54 Å². The molecule has 0 radical (unpaired) electrons. The number of amides is 1. The summed E-state index contributed by atoms with van der Waals surface area (Å²) in [5, 5.41) is 6.99. The van der Waals surface area contributed by atoms with Gasteiger partial charge in [-0.15, -0.1) is 0 Å². The van der Waals surface area contributed by atoms with Gasteiger partial charge in [0.25, 0.3) is 5.91 Å². The molecule has 0 saturated carbocycles. The Bertz CT molecular complexity index is 1190. The molecule has 0 aliphatic carbocycles. The van der Waals surface area contributed by atoms with Crippen molar-refractivity contribution in [1.82, 2.24) is 9.78 Å². The van der Waals surface area contributed by atoms with Gasteiger partial charge >= 0.3 is 0 Å².